The standard InChI is InChI=1S/C11H14F3N3O2.ClH/c1-6(15)4-5-16-9(18)7-2-3-8(11(12,13)14)17-10(7)19;/h2-3,6H,4-5,15H2,1H3,(H,16,18)(H,17,19);1H. The van der Waals surface area contributed by atoms with E-state index in [9.17, 15) is 22.8 Å². The van der Waals surface area contributed by atoms with E-state index in [1.54, 1.807) is 11.9 Å². The lowest BCUT2D eigenvalue weighted by Crippen LogP contribution is -2.33. The highest BCUT2D eigenvalue weighted by atomic mass is 35.5. The van der Waals surface area contributed by atoms with E-state index in [0.717, 1.165) is 6.07 Å². The lowest BCUT2D eigenvalue weighted by Gasteiger charge is -2.08. The second-order valence-electron chi connectivity index (χ2n) is 4.13. The van der Waals surface area contributed by atoms with E-state index in [1.165, 1.54) is 0 Å². The van der Waals surface area contributed by atoms with Gasteiger partial charge in [-0.3, -0.25) is 9.59 Å². The molecular formula is C11H15ClF3N3O2. The molecule has 0 aliphatic heterocycles. The van der Waals surface area contributed by atoms with E-state index in [1.807, 2.05) is 0 Å². The Labute approximate surface area is 119 Å². The average Bonchev–Trinajstić information content (AvgIpc) is 2.26. The van der Waals surface area contributed by atoms with E-state index in [0.29, 0.717) is 12.5 Å². The molecule has 9 heteroatoms. The molecule has 1 heterocycles. The molecule has 1 rings (SSSR count). The normalized spacial score (nSPS) is 12.4. The fourth-order valence-electron chi connectivity index (χ4n) is 1.33. The zero-order valence-electron chi connectivity index (χ0n) is 10.6. The van der Waals surface area contributed by atoms with Crippen LogP contribution < -0.4 is 16.6 Å². The number of halogens is 4. The van der Waals surface area contributed by atoms with E-state index in [-0.39, 0.29) is 30.6 Å². The Hall–Kier alpha value is -1.54. The first-order valence-corrected chi connectivity index (χ1v) is 5.56. The molecule has 20 heavy (non-hydrogen) atoms. The Morgan fingerprint density at radius 2 is 2.05 bits per heavy atom. The molecule has 5 nitrogen and oxygen atoms in total. The minimum absolute atomic E-state index is 0. The van der Waals surface area contributed by atoms with Crippen LogP contribution in [0, 0.1) is 0 Å². The Bertz CT molecular complexity index is 514. The van der Waals surface area contributed by atoms with Crippen LogP contribution in [0.15, 0.2) is 16.9 Å². The molecule has 1 aromatic rings. The number of hydrogen-bond donors (Lipinski definition) is 3. The zero-order chi connectivity index (χ0) is 14.6. The number of nitrogens with two attached hydrogens (primary N) is 1. The number of amides is 1. The molecule has 1 unspecified atom stereocenters. The monoisotopic (exact) mass is 313 g/mol. The summed E-state index contributed by atoms with van der Waals surface area (Å²) in [6.07, 6.45) is -4.15. The van der Waals surface area contributed by atoms with Crippen molar-refractivity contribution in [2.45, 2.75) is 25.6 Å². The predicted molar refractivity (Wildman–Crippen MR) is 69.9 cm³/mol. The quantitative estimate of drug-likeness (QED) is 0.782. The molecule has 0 aliphatic rings. The molecule has 0 bridgehead atoms. The van der Waals surface area contributed by atoms with E-state index in [2.05, 4.69) is 5.32 Å². The molecule has 1 amide bonds. The van der Waals surface area contributed by atoms with Crippen LogP contribution in [0.2, 0.25) is 0 Å². The van der Waals surface area contributed by atoms with Crippen molar-refractivity contribution in [3.8, 4) is 0 Å². The molecule has 0 radical (unpaired) electrons. The number of aromatic amines is 1. The van der Waals surface area contributed by atoms with Gasteiger partial charge >= 0.3 is 6.18 Å². The van der Waals surface area contributed by atoms with E-state index in [4.69, 9.17) is 5.73 Å². The van der Waals surface area contributed by atoms with Crippen molar-refractivity contribution >= 4 is 18.3 Å². The van der Waals surface area contributed by atoms with Gasteiger partial charge in [-0.2, -0.15) is 13.2 Å². The van der Waals surface area contributed by atoms with Gasteiger partial charge < -0.3 is 16.0 Å². The van der Waals surface area contributed by atoms with Crippen molar-refractivity contribution < 1.29 is 18.0 Å². The van der Waals surface area contributed by atoms with Crippen LogP contribution >= 0.6 is 12.4 Å². The first kappa shape index (κ1) is 18.5. The van der Waals surface area contributed by atoms with Gasteiger partial charge in [-0.05, 0) is 25.5 Å². The first-order chi connectivity index (χ1) is 8.71. The summed E-state index contributed by atoms with van der Waals surface area (Å²) in [6, 6.07) is 1.39. The number of carbonyl (C=O) groups excluding carboxylic acids is 1. The van der Waals surface area contributed by atoms with Crippen molar-refractivity contribution in [2.75, 3.05) is 6.54 Å². The summed E-state index contributed by atoms with van der Waals surface area (Å²) in [7, 11) is 0. The summed E-state index contributed by atoms with van der Waals surface area (Å²) in [6.45, 7) is 1.99. The third-order valence-corrected chi connectivity index (χ3v) is 2.34. The van der Waals surface area contributed by atoms with Crippen LogP contribution in [-0.4, -0.2) is 23.5 Å². The van der Waals surface area contributed by atoms with Crippen LogP contribution in [0.25, 0.3) is 0 Å². The number of H-pyrrole nitrogens is 1. The van der Waals surface area contributed by atoms with Crippen LogP contribution in [-0.2, 0) is 6.18 Å². The smallest absolute Gasteiger partial charge is 0.352 e. The van der Waals surface area contributed by atoms with Gasteiger partial charge in [-0.15, -0.1) is 12.4 Å². The van der Waals surface area contributed by atoms with E-state index >= 15 is 0 Å². The Balaban J connectivity index is 0.00000361. The van der Waals surface area contributed by atoms with Crippen molar-refractivity contribution in [3.63, 3.8) is 0 Å². The van der Waals surface area contributed by atoms with Gasteiger partial charge in [0, 0.05) is 12.6 Å². The number of pyridine rings is 1. The maximum atomic E-state index is 12.3. The molecule has 0 aliphatic carbocycles. The molecule has 0 aromatic carbocycles. The minimum Gasteiger partial charge on any atom is -0.352 e. The zero-order valence-corrected chi connectivity index (χ0v) is 11.4. The number of aromatic nitrogens is 1. The molecular weight excluding hydrogens is 299 g/mol. The molecule has 0 spiro atoms. The summed E-state index contributed by atoms with van der Waals surface area (Å²) in [5.41, 5.74) is 2.84. The summed E-state index contributed by atoms with van der Waals surface area (Å²) < 4.78 is 36.9. The highest BCUT2D eigenvalue weighted by molar-refractivity contribution is 5.93. The number of rotatable bonds is 4. The van der Waals surface area contributed by atoms with Crippen molar-refractivity contribution in [1.29, 1.82) is 0 Å². The van der Waals surface area contributed by atoms with Crippen LogP contribution in [0.1, 0.15) is 29.4 Å². The second kappa shape index (κ2) is 7.30. The number of alkyl halides is 3. The average molecular weight is 314 g/mol. The lowest BCUT2D eigenvalue weighted by molar-refractivity contribution is -0.141. The highest BCUT2D eigenvalue weighted by Crippen LogP contribution is 2.26. The van der Waals surface area contributed by atoms with Crippen LogP contribution in [0.5, 0.6) is 0 Å². The van der Waals surface area contributed by atoms with Crippen molar-refractivity contribution in [2.24, 2.45) is 5.73 Å². The minimum atomic E-state index is -4.65. The topological polar surface area (TPSA) is 88.0 Å². The van der Waals surface area contributed by atoms with Gasteiger partial charge in [0.15, 0.2) is 0 Å². The van der Waals surface area contributed by atoms with Crippen molar-refractivity contribution in [1.82, 2.24) is 10.3 Å². The molecule has 1 aromatic heterocycles. The number of hydrogen-bond acceptors (Lipinski definition) is 3. The lowest BCUT2D eigenvalue weighted by atomic mass is 10.2. The van der Waals surface area contributed by atoms with Crippen LogP contribution in [0.3, 0.4) is 0 Å². The number of carbonyl (C=O) groups is 1. The van der Waals surface area contributed by atoms with Gasteiger partial charge in [0.1, 0.15) is 11.3 Å². The fraction of sp³-hybridized carbons (Fsp3) is 0.455. The van der Waals surface area contributed by atoms with Crippen molar-refractivity contribution in [3.05, 3.63) is 33.7 Å². The Morgan fingerprint density at radius 1 is 1.45 bits per heavy atom. The largest absolute Gasteiger partial charge is 0.431 e. The van der Waals surface area contributed by atoms with Crippen LogP contribution in [0.4, 0.5) is 13.2 Å². The molecule has 0 fully saturated rings. The van der Waals surface area contributed by atoms with Gasteiger partial charge in [0.2, 0.25) is 0 Å². The SMILES string of the molecule is CC(N)CCNC(=O)c1ccc(C(F)(F)F)[nH]c1=O.Cl. The Morgan fingerprint density at radius 3 is 2.50 bits per heavy atom. The number of nitrogens with one attached hydrogen (secondary N) is 2. The summed E-state index contributed by atoms with van der Waals surface area (Å²) in [5.74, 6) is -0.726. The molecule has 114 valence electrons. The maximum Gasteiger partial charge on any atom is 0.431 e. The third-order valence-electron chi connectivity index (χ3n) is 2.34. The predicted octanol–water partition coefficient (Wildman–Crippen LogP) is 1.28. The van der Waals surface area contributed by atoms with E-state index < -0.39 is 23.3 Å². The molecule has 0 saturated carbocycles. The Kier molecular flexibility index (Phi) is 6.74. The summed E-state index contributed by atoms with van der Waals surface area (Å²) in [4.78, 5) is 24.6. The van der Waals surface area contributed by atoms with Gasteiger partial charge in [0.25, 0.3) is 11.5 Å². The van der Waals surface area contributed by atoms with Gasteiger partial charge in [-0.25, -0.2) is 0 Å². The van der Waals surface area contributed by atoms with Gasteiger partial charge in [-0.1, -0.05) is 0 Å². The first-order valence-electron chi connectivity index (χ1n) is 5.56. The summed E-state index contributed by atoms with van der Waals surface area (Å²) in [5, 5.41) is 2.41. The highest BCUT2D eigenvalue weighted by Gasteiger charge is 2.32. The second-order valence-corrected chi connectivity index (χ2v) is 4.13. The third kappa shape index (κ3) is 5.22. The molecule has 0 saturated heterocycles. The maximum absolute atomic E-state index is 12.3. The van der Waals surface area contributed by atoms with Gasteiger partial charge in [0.05, 0.1) is 0 Å². The molecule has 1 atom stereocenters. The molecule has 4 N–H and O–H groups in total. The summed E-state index contributed by atoms with van der Waals surface area (Å²) >= 11 is 0. The fourth-order valence-corrected chi connectivity index (χ4v) is 1.33.